The summed E-state index contributed by atoms with van der Waals surface area (Å²) in [4.78, 5) is 14.6. The standard InChI is InChI=1S/C17H18BrNO3/c1-19(2)14-9-10-15(21-3)16(13(14)11-18)17(20)22-12-7-5-4-6-8-12/h4-10H,11H2,1-3H3. The van der Waals surface area contributed by atoms with E-state index in [-0.39, 0.29) is 0 Å². The molecule has 0 saturated heterocycles. The zero-order chi connectivity index (χ0) is 16.1. The van der Waals surface area contributed by atoms with Crippen LogP contribution >= 0.6 is 15.9 Å². The fourth-order valence-corrected chi connectivity index (χ4v) is 2.78. The summed E-state index contributed by atoms with van der Waals surface area (Å²) in [5.41, 5.74) is 2.22. The Morgan fingerprint density at radius 3 is 2.36 bits per heavy atom. The molecule has 0 N–H and O–H groups in total. The second kappa shape index (κ2) is 7.31. The van der Waals surface area contributed by atoms with Gasteiger partial charge in [-0.15, -0.1) is 0 Å². The Morgan fingerprint density at radius 1 is 1.14 bits per heavy atom. The largest absolute Gasteiger partial charge is 0.496 e. The van der Waals surface area contributed by atoms with Crippen molar-refractivity contribution < 1.29 is 14.3 Å². The second-order valence-corrected chi connectivity index (χ2v) is 5.43. The molecule has 0 aromatic heterocycles. The Bertz CT molecular complexity index is 656. The van der Waals surface area contributed by atoms with Crippen molar-refractivity contribution >= 4 is 27.6 Å². The van der Waals surface area contributed by atoms with Gasteiger partial charge in [0.25, 0.3) is 0 Å². The van der Waals surface area contributed by atoms with Crippen molar-refractivity contribution in [3.8, 4) is 11.5 Å². The lowest BCUT2D eigenvalue weighted by Crippen LogP contribution is -2.17. The predicted molar refractivity (Wildman–Crippen MR) is 91.4 cm³/mol. The molecule has 0 amide bonds. The van der Waals surface area contributed by atoms with Crippen molar-refractivity contribution in [2.75, 3.05) is 26.1 Å². The molecule has 0 spiro atoms. The molecule has 0 atom stereocenters. The van der Waals surface area contributed by atoms with Gasteiger partial charge in [-0.2, -0.15) is 0 Å². The van der Waals surface area contributed by atoms with Crippen LogP contribution in [0.25, 0.3) is 0 Å². The highest BCUT2D eigenvalue weighted by molar-refractivity contribution is 9.08. The third-order valence-corrected chi connectivity index (χ3v) is 3.80. The molecule has 0 unspecified atom stereocenters. The van der Waals surface area contributed by atoms with Crippen LogP contribution in [-0.4, -0.2) is 27.2 Å². The molecule has 22 heavy (non-hydrogen) atoms. The number of hydrogen-bond donors (Lipinski definition) is 0. The lowest BCUT2D eigenvalue weighted by molar-refractivity contribution is 0.0730. The first kappa shape index (κ1) is 16.4. The molecule has 4 nitrogen and oxygen atoms in total. The normalized spacial score (nSPS) is 10.2. The van der Waals surface area contributed by atoms with Crippen molar-refractivity contribution in [3.63, 3.8) is 0 Å². The third kappa shape index (κ3) is 3.42. The quantitative estimate of drug-likeness (QED) is 0.459. The van der Waals surface area contributed by atoms with Crippen LogP contribution in [0.1, 0.15) is 15.9 Å². The van der Waals surface area contributed by atoms with Crippen LogP contribution in [-0.2, 0) is 5.33 Å². The van der Waals surface area contributed by atoms with Crippen molar-refractivity contribution in [3.05, 3.63) is 53.6 Å². The van der Waals surface area contributed by atoms with E-state index in [4.69, 9.17) is 9.47 Å². The summed E-state index contributed by atoms with van der Waals surface area (Å²) >= 11 is 3.45. The Kier molecular flexibility index (Phi) is 5.44. The van der Waals surface area contributed by atoms with Gasteiger partial charge in [-0.05, 0) is 24.3 Å². The van der Waals surface area contributed by atoms with Crippen molar-refractivity contribution in [1.82, 2.24) is 0 Å². The van der Waals surface area contributed by atoms with Crippen molar-refractivity contribution in [1.29, 1.82) is 0 Å². The topological polar surface area (TPSA) is 38.8 Å². The van der Waals surface area contributed by atoms with E-state index >= 15 is 0 Å². The Morgan fingerprint density at radius 2 is 1.82 bits per heavy atom. The fourth-order valence-electron chi connectivity index (χ4n) is 2.21. The van der Waals surface area contributed by atoms with Gasteiger partial charge in [-0.1, -0.05) is 34.1 Å². The van der Waals surface area contributed by atoms with Gasteiger partial charge in [0.1, 0.15) is 17.1 Å². The van der Waals surface area contributed by atoms with Gasteiger partial charge in [0.2, 0.25) is 0 Å². The van der Waals surface area contributed by atoms with Gasteiger partial charge in [0.15, 0.2) is 0 Å². The van der Waals surface area contributed by atoms with E-state index in [2.05, 4.69) is 15.9 Å². The minimum Gasteiger partial charge on any atom is -0.496 e. The molecule has 0 aliphatic heterocycles. The monoisotopic (exact) mass is 363 g/mol. The van der Waals surface area contributed by atoms with Gasteiger partial charge in [0, 0.05) is 30.7 Å². The number of alkyl halides is 1. The molecule has 0 fully saturated rings. The molecule has 2 aromatic carbocycles. The first-order chi connectivity index (χ1) is 10.6. The summed E-state index contributed by atoms with van der Waals surface area (Å²) < 4.78 is 10.8. The number of anilines is 1. The molecule has 0 saturated carbocycles. The van der Waals surface area contributed by atoms with Crippen LogP contribution in [0.2, 0.25) is 0 Å². The zero-order valence-corrected chi connectivity index (χ0v) is 14.4. The molecule has 5 heteroatoms. The highest BCUT2D eigenvalue weighted by Gasteiger charge is 2.22. The number of hydrogen-bond acceptors (Lipinski definition) is 4. The predicted octanol–water partition coefficient (Wildman–Crippen LogP) is 3.88. The minimum absolute atomic E-state index is 0.429. The number of ether oxygens (including phenoxy) is 2. The number of rotatable bonds is 5. The van der Waals surface area contributed by atoms with Crippen molar-refractivity contribution in [2.45, 2.75) is 5.33 Å². The first-order valence-corrected chi connectivity index (χ1v) is 7.91. The number of carbonyl (C=O) groups excluding carboxylic acids is 1. The van der Waals surface area contributed by atoms with Gasteiger partial charge >= 0.3 is 5.97 Å². The molecule has 0 aliphatic rings. The SMILES string of the molecule is COc1ccc(N(C)C)c(CBr)c1C(=O)Oc1ccccc1. The van der Waals surface area contributed by atoms with Crippen LogP contribution in [0.3, 0.4) is 0 Å². The maximum atomic E-state index is 12.6. The van der Waals surface area contributed by atoms with E-state index in [0.717, 1.165) is 11.3 Å². The fraction of sp³-hybridized carbons (Fsp3) is 0.235. The summed E-state index contributed by atoms with van der Waals surface area (Å²) in [6, 6.07) is 12.7. The van der Waals surface area contributed by atoms with E-state index in [1.807, 2.05) is 43.3 Å². The lowest BCUT2D eigenvalue weighted by Gasteiger charge is -2.20. The number of benzene rings is 2. The smallest absolute Gasteiger partial charge is 0.347 e. The summed E-state index contributed by atoms with van der Waals surface area (Å²) in [7, 11) is 5.41. The van der Waals surface area contributed by atoms with E-state index in [1.54, 1.807) is 25.3 Å². The maximum Gasteiger partial charge on any atom is 0.347 e. The van der Waals surface area contributed by atoms with Crippen molar-refractivity contribution in [2.24, 2.45) is 0 Å². The highest BCUT2D eigenvalue weighted by Crippen LogP contribution is 2.33. The lowest BCUT2D eigenvalue weighted by atomic mass is 10.0. The minimum atomic E-state index is -0.429. The third-order valence-electron chi connectivity index (χ3n) is 3.24. The second-order valence-electron chi connectivity index (χ2n) is 4.87. The molecule has 0 aliphatic carbocycles. The van der Waals surface area contributed by atoms with Gasteiger partial charge in [-0.25, -0.2) is 4.79 Å². The zero-order valence-electron chi connectivity index (χ0n) is 12.8. The molecule has 2 rings (SSSR count). The molecule has 0 heterocycles. The first-order valence-electron chi connectivity index (χ1n) is 6.78. The average Bonchev–Trinajstić information content (AvgIpc) is 2.53. The van der Waals surface area contributed by atoms with E-state index in [9.17, 15) is 4.79 Å². The number of esters is 1. The maximum absolute atomic E-state index is 12.6. The Hall–Kier alpha value is -2.01. The van der Waals surface area contributed by atoms with Gasteiger partial charge < -0.3 is 14.4 Å². The summed E-state index contributed by atoms with van der Waals surface area (Å²) in [6.07, 6.45) is 0. The molecular formula is C17H18BrNO3. The molecule has 0 bridgehead atoms. The Labute approximate surface area is 138 Å². The number of methoxy groups -OCH3 is 1. The van der Waals surface area contributed by atoms with E-state index in [1.165, 1.54) is 0 Å². The van der Waals surface area contributed by atoms with E-state index < -0.39 is 5.97 Å². The van der Waals surface area contributed by atoms with Crippen LogP contribution in [0.15, 0.2) is 42.5 Å². The number of nitrogens with zero attached hydrogens (tertiary/aromatic N) is 1. The number of para-hydroxylation sites is 1. The van der Waals surface area contributed by atoms with Gasteiger partial charge in [-0.3, -0.25) is 0 Å². The average molecular weight is 364 g/mol. The molecular weight excluding hydrogens is 346 g/mol. The van der Waals surface area contributed by atoms with E-state index in [0.29, 0.717) is 22.4 Å². The van der Waals surface area contributed by atoms with Crippen LogP contribution in [0, 0.1) is 0 Å². The van der Waals surface area contributed by atoms with Crippen LogP contribution in [0.5, 0.6) is 11.5 Å². The molecule has 2 aromatic rings. The highest BCUT2D eigenvalue weighted by atomic mass is 79.9. The number of carbonyl (C=O) groups is 1. The molecule has 0 radical (unpaired) electrons. The summed E-state index contributed by atoms with van der Waals surface area (Å²) in [5, 5.41) is 0.525. The van der Waals surface area contributed by atoms with Crippen LogP contribution in [0.4, 0.5) is 5.69 Å². The van der Waals surface area contributed by atoms with Crippen LogP contribution < -0.4 is 14.4 Å². The number of halogens is 1. The summed E-state index contributed by atoms with van der Waals surface area (Å²) in [5.74, 6) is 0.576. The van der Waals surface area contributed by atoms with Gasteiger partial charge in [0.05, 0.1) is 7.11 Å². The molecule has 116 valence electrons. The summed E-state index contributed by atoms with van der Waals surface area (Å²) in [6.45, 7) is 0. The Balaban J connectivity index is 2.47.